The first kappa shape index (κ1) is 17.6. The number of fused-ring (bicyclic) bond motifs is 2. The Kier molecular flexibility index (Phi) is 3.97. The summed E-state index contributed by atoms with van der Waals surface area (Å²) in [6, 6.07) is 13.1. The van der Waals surface area contributed by atoms with E-state index in [0.29, 0.717) is 27.1 Å². The Morgan fingerprint density at radius 2 is 1.83 bits per heavy atom. The fraction of sp³-hybridized carbons (Fsp3) is 0. The highest BCUT2D eigenvalue weighted by atomic mass is 35.5. The quantitative estimate of drug-likeness (QED) is 0.438. The molecule has 5 rings (SSSR count). The zero-order valence-corrected chi connectivity index (χ0v) is 16.1. The van der Waals surface area contributed by atoms with Crippen molar-refractivity contribution in [2.75, 3.05) is 0 Å². The number of H-pyrrole nitrogens is 1. The van der Waals surface area contributed by atoms with E-state index < -0.39 is 16.7 Å². The number of benzene rings is 2. The van der Waals surface area contributed by atoms with Crippen LogP contribution in [0.3, 0.4) is 0 Å². The first-order valence-corrected chi connectivity index (χ1v) is 9.71. The number of aromatic amines is 1. The molecule has 1 N–H and O–H groups in total. The number of nitrogens with one attached hydrogen (secondary N) is 1. The molecule has 0 amide bonds. The molecule has 0 fully saturated rings. The predicted octanol–water partition coefficient (Wildman–Crippen LogP) is 3.56. The minimum atomic E-state index is -0.559. The van der Waals surface area contributed by atoms with Crippen LogP contribution >= 0.6 is 22.9 Å². The molecule has 9 heteroatoms. The molecule has 2 aromatic carbocycles. The third-order valence-electron chi connectivity index (χ3n) is 4.47. The van der Waals surface area contributed by atoms with Gasteiger partial charge in [0.05, 0.1) is 22.0 Å². The molecule has 7 nitrogen and oxygen atoms in total. The molecule has 29 heavy (non-hydrogen) atoms. The summed E-state index contributed by atoms with van der Waals surface area (Å²) in [6.45, 7) is 0. The molecule has 0 saturated carbocycles. The van der Waals surface area contributed by atoms with Crippen molar-refractivity contribution < 1.29 is 4.42 Å². The highest BCUT2D eigenvalue weighted by Gasteiger charge is 2.15. The normalized spacial score (nSPS) is 11.3. The Hall–Kier alpha value is -3.49. The van der Waals surface area contributed by atoms with E-state index in [4.69, 9.17) is 16.0 Å². The summed E-state index contributed by atoms with van der Waals surface area (Å²) in [5.41, 5.74) is -0.389. The van der Waals surface area contributed by atoms with Crippen molar-refractivity contribution in [2.24, 2.45) is 0 Å². The summed E-state index contributed by atoms with van der Waals surface area (Å²) in [6.07, 6.45) is 0. The Morgan fingerprint density at radius 1 is 1.03 bits per heavy atom. The van der Waals surface area contributed by atoms with E-state index in [1.165, 1.54) is 0 Å². The molecule has 0 unspecified atom stereocenters. The lowest BCUT2D eigenvalue weighted by Gasteiger charge is -2.03. The molecule has 0 aliphatic heterocycles. The second kappa shape index (κ2) is 6.54. The van der Waals surface area contributed by atoms with Crippen LogP contribution in [0.5, 0.6) is 0 Å². The van der Waals surface area contributed by atoms with Crippen LogP contribution in [0.15, 0.2) is 72.7 Å². The van der Waals surface area contributed by atoms with E-state index in [2.05, 4.69) is 10.1 Å². The molecule has 0 spiro atoms. The van der Waals surface area contributed by atoms with Gasteiger partial charge >= 0.3 is 5.63 Å². The summed E-state index contributed by atoms with van der Waals surface area (Å²) in [4.78, 5) is 41.9. The van der Waals surface area contributed by atoms with Gasteiger partial charge in [-0.15, -0.1) is 11.3 Å². The molecule has 0 aliphatic rings. The summed E-state index contributed by atoms with van der Waals surface area (Å²) < 4.78 is 6.42. The van der Waals surface area contributed by atoms with Crippen molar-refractivity contribution in [1.29, 1.82) is 0 Å². The lowest BCUT2D eigenvalue weighted by Crippen LogP contribution is -2.28. The number of halogens is 1. The lowest BCUT2D eigenvalue weighted by atomic mass is 10.1. The van der Waals surface area contributed by atoms with E-state index in [9.17, 15) is 14.4 Å². The van der Waals surface area contributed by atoms with E-state index in [1.54, 1.807) is 53.9 Å². The second-order valence-corrected chi connectivity index (χ2v) is 7.55. The smallest absolute Gasteiger partial charge is 0.345 e. The van der Waals surface area contributed by atoms with Crippen LogP contribution in [0.1, 0.15) is 0 Å². The van der Waals surface area contributed by atoms with E-state index in [-0.39, 0.29) is 16.1 Å². The number of thiazole rings is 1. The number of hydrogen-bond acceptors (Lipinski definition) is 6. The number of nitrogens with zero attached hydrogens (tertiary/aromatic N) is 2. The summed E-state index contributed by atoms with van der Waals surface area (Å²) in [7, 11) is 0. The van der Waals surface area contributed by atoms with Gasteiger partial charge in [0, 0.05) is 15.8 Å². The first-order chi connectivity index (χ1) is 14.0. The standard InChI is InChI=1S/C20H10ClN3O4S/c21-11-5-6-16-10(7-11)8-14(19(27)28-16)15-9-29-20(22-15)24-18(26)13-4-2-1-3-12(13)17(25)23-24/h1-9H,(H,23,25). The topological polar surface area (TPSA) is 98.0 Å². The summed E-state index contributed by atoms with van der Waals surface area (Å²) >= 11 is 7.14. The fourth-order valence-electron chi connectivity index (χ4n) is 3.10. The summed E-state index contributed by atoms with van der Waals surface area (Å²) in [5.74, 6) is 0. The number of aromatic nitrogens is 3. The SMILES string of the molecule is O=c1oc2ccc(Cl)cc2cc1-c1csc(-n2[nH]c(=O)c3ccccc3c2=O)n1. The fourth-order valence-corrected chi connectivity index (χ4v) is 4.06. The van der Waals surface area contributed by atoms with Crippen molar-refractivity contribution in [3.05, 3.63) is 90.1 Å². The molecular weight excluding hydrogens is 414 g/mol. The van der Waals surface area contributed by atoms with Crippen LogP contribution in [0.25, 0.3) is 38.1 Å². The summed E-state index contributed by atoms with van der Waals surface area (Å²) in [5, 5.41) is 6.14. The molecule has 0 bridgehead atoms. The van der Waals surface area contributed by atoms with Crippen LogP contribution in [-0.4, -0.2) is 14.8 Å². The second-order valence-electron chi connectivity index (χ2n) is 6.27. The zero-order valence-electron chi connectivity index (χ0n) is 14.5. The maximum atomic E-state index is 12.8. The maximum Gasteiger partial charge on any atom is 0.345 e. The van der Waals surface area contributed by atoms with Gasteiger partial charge in [0.25, 0.3) is 11.1 Å². The molecule has 0 radical (unpaired) electrons. The average Bonchev–Trinajstić information content (AvgIpc) is 3.20. The Balaban J connectivity index is 1.68. The van der Waals surface area contributed by atoms with Gasteiger partial charge in [-0.05, 0) is 36.4 Å². The molecule has 142 valence electrons. The van der Waals surface area contributed by atoms with Crippen LogP contribution in [-0.2, 0) is 0 Å². The van der Waals surface area contributed by atoms with Gasteiger partial charge in [-0.25, -0.2) is 9.78 Å². The number of hydrogen-bond donors (Lipinski definition) is 1. The van der Waals surface area contributed by atoms with Gasteiger partial charge in [-0.3, -0.25) is 14.7 Å². The zero-order chi connectivity index (χ0) is 20.1. The van der Waals surface area contributed by atoms with Crippen LogP contribution < -0.4 is 16.7 Å². The third kappa shape index (κ3) is 2.89. The number of rotatable bonds is 2. The molecule has 3 aromatic heterocycles. The maximum absolute atomic E-state index is 12.8. The van der Waals surface area contributed by atoms with Gasteiger partial charge in [0.1, 0.15) is 5.58 Å². The van der Waals surface area contributed by atoms with Crippen molar-refractivity contribution >= 4 is 44.7 Å². The van der Waals surface area contributed by atoms with Crippen molar-refractivity contribution in [3.63, 3.8) is 0 Å². The molecular formula is C20H10ClN3O4S. The highest BCUT2D eigenvalue weighted by molar-refractivity contribution is 7.12. The first-order valence-electron chi connectivity index (χ1n) is 8.45. The Bertz CT molecular complexity index is 1600. The van der Waals surface area contributed by atoms with Gasteiger partial charge in [0.15, 0.2) is 0 Å². The van der Waals surface area contributed by atoms with Crippen molar-refractivity contribution in [1.82, 2.24) is 14.8 Å². The largest absolute Gasteiger partial charge is 0.422 e. The van der Waals surface area contributed by atoms with Gasteiger partial charge < -0.3 is 4.42 Å². The van der Waals surface area contributed by atoms with Crippen molar-refractivity contribution in [2.45, 2.75) is 0 Å². The lowest BCUT2D eigenvalue weighted by molar-refractivity contribution is 0.563. The van der Waals surface area contributed by atoms with Crippen LogP contribution in [0.4, 0.5) is 0 Å². The van der Waals surface area contributed by atoms with Gasteiger partial charge in [-0.1, -0.05) is 23.7 Å². The van der Waals surface area contributed by atoms with Crippen molar-refractivity contribution in [3.8, 4) is 16.4 Å². The predicted molar refractivity (Wildman–Crippen MR) is 112 cm³/mol. The van der Waals surface area contributed by atoms with E-state index >= 15 is 0 Å². The molecule has 0 atom stereocenters. The minimum absolute atomic E-state index is 0.235. The van der Waals surface area contributed by atoms with E-state index in [0.717, 1.165) is 16.0 Å². The average molecular weight is 424 g/mol. The molecule has 0 aliphatic carbocycles. The molecule has 3 heterocycles. The van der Waals surface area contributed by atoms with Gasteiger partial charge in [0.2, 0.25) is 5.13 Å². The molecule has 0 saturated heterocycles. The Labute approximate surface area is 170 Å². The van der Waals surface area contributed by atoms with Crippen LogP contribution in [0, 0.1) is 0 Å². The third-order valence-corrected chi connectivity index (χ3v) is 5.53. The highest BCUT2D eigenvalue weighted by Crippen LogP contribution is 2.25. The minimum Gasteiger partial charge on any atom is -0.422 e. The van der Waals surface area contributed by atoms with Crippen LogP contribution in [0.2, 0.25) is 5.02 Å². The van der Waals surface area contributed by atoms with Gasteiger partial charge in [-0.2, -0.15) is 4.68 Å². The van der Waals surface area contributed by atoms with E-state index in [1.807, 2.05) is 0 Å². The Morgan fingerprint density at radius 3 is 2.66 bits per heavy atom. The molecule has 5 aromatic rings. The monoisotopic (exact) mass is 423 g/mol.